The zero-order valence-electron chi connectivity index (χ0n) is 12.4. The quantitative estimate of drug-likeness (QED) is 0.858. The van der Waals surface area contributed by atoms with Gasteiger partial charge in [0.2, 0.25) is 5.91 Å². The summed E-state index contributed by atoms with van der Waals surface area (Å²) in [5.41, 5.74) is 5.96. The van der Waals surface area contributed by atoms with Gasteiger partial charge in [0.1, 0.15) is 0 Å². The third kappa shape index (κ3) is 4.81. The molecule has 3 nitrogen and oxygen atoms in total. The Hall–Kier alpha value is -0.220. The molecule has 0 aromatic heterocycles. The van der Waals surface area contributed by atoms with Gasteiger partial charge < -0.3 is 10.6 Å². The first-order valence-corrected chi connectivity index (χ1v) is 7.81. The highest BCUT2D eigenvalue weighted by Crippen LogP contribution is 2.29. The van der Waals surface area contributed by atoms with Gasteiger partial charge in [0.05, 0.1) is 5.92 Å². The van der Waals surface area contributed by atoms with E-state index in [4.69, 9.17) is 5.73 Å². The molecule has 0 aliphatic carbocycles. The molecule has 0 radical (unpaired) electrons. The Morgan fingerprint density at radius 1 is 1.33 bits per heavy atom. The zero-order chi connectivity index (χ0) is 13.9. The molecular weight excluding hydrogens is 244 g/mol. The van der Waals surface area contributed by atoms with E-state index >= 15 is 0 Å². The van der Waals surface area contributed by atoms with Crippen molar-refractivity contribution in [1.82, 2.24) is 4.90 Å². The number of rotatable bonds is 3. The second-order valence-electron chi connectivity index (χ2n) is 6.70. The van der Waals surface area contributed by atoms with E-state index in [0.29, 0.717) is 17.0 Å². The Balaban J connectivity index is 2.65. The number of carbonyl (C=O) groups is 1. The summed E-state index contributed by atoms with van der Waals surface area (Å²) in [4.78, 5) is 14.6. The molecular formula is C14H28N2OS. The average Bonchev–Trinajstić information content (AvgIpc) is 2.22. The van der Waals surface area contributed by atoms with Crippen molar-refractivity contribution >= 4 is 17.7 Å². The van der Waals surface area contributed by atoms with Crippen LogP contribution in [0.5, 0.6) is 0 Å². The summed E-state index contributed by atoms with van der Waals surface area (Å²) in [6, 6.07) is 0. The number of thioether (sulfide) groups is 1. The van der Waals surface area contributed by atoms with Gasteiger partial charge in [0, 0.05) is 30.1 Å². The van der Waals surface area contributed by atoms with E-state index in [9.17, 15) is 4.79 Å². The Bertz CT molecular complexity index is 274. The Kier molecular flexibility index (Phi) is 5.53. The Morgan fingerprint density at radius 2 is 1.83 bits per heavy atom. The summed E-state index contributed by atoms with van der Waals surface area (Å²) in [7, 11) is 0. The second-order valence-corrected chi connectivity index (χ2v) is 8.58. The second kappa shape index (κ2) is 6.29. The number of nitrogens with two attached hydrogens (primary N) is 1. The molecule has 4 heteroatoms. The van der Waals surface area contributed by atoms with Gasteiger partial charge >= 0.3 is 0 Å². The van der Waals surface area contributed by atoms with Gasteiger partial charge in [-0.2, -0.15) is 11.8 Å². The number of hydrogen-bond donors (Lipinski definition) is 1. The van der Waals surface area contributed by atoms with E-state index in [2.05, 4.69) is 34.6 Å². The fourth-order valence-corrected chi connectivity index (χ4v) is 3.95. The highest BCUT2D eigenvalue weighted by molar-refractivity contribution is 8.00. The molecule has 1 rings (SSSR count). The zero-order valence-corrected chi connectivity index (χ0v) is 13.2. The van der Waals surface area contributed by atoms with Gasteiger partial charge in [-0.15, -0.1) is 0 Å². The van der Waals surface area contributed by atoms with Crippen LogP contribution in [-0.2, 0) is 4.79 Å². The van der Waals surface area contributed by atoms with Crippen LogP contribution in [0.3, 0.4) is 0 Å². The van der Waals surface area contributed by atoms with Crippen LogP contribution in [-0.4, -0.2) is 40.9 Å². The van der Waals surface area contributed by atoms with E-state index in [1.807, 2.05) is 16.7 Å². The smallest absolute Gasteiger partial charge is 0.227 e. The maximum Gasteiger partial charge on any atom is 0.227 e. The molecule has 3 unspecified atom stereocenters. The van der Waals surface area contributed by atoms with Crippen LogP contribution in [0.25, 0.3) is 0 Å². The summed E-state index contributed by atoms with van der Waals surface area (Å²) in [6.45, 7) is 13.1. The molecule has 0 aromatic rings. The molecule has 1 aliphatic heterocycles. The van der Waals surface area contributed by atoms with Crippen LogP contribution < -0.4 is 5.73 Å². The van der Waals surface area contributed by atoms with Crippen molar-refractivity contribution in [2.45, 2.75) is 51.5 Å². The summed E-state index contributed by atoms with van der Waals surface area (Å²) in [5, 5.41) is 1.07. The van der Waals surface area contributed by atoms with Gasteiger partial charge in [-0.3, -0.25) is 4.79 Å². The minimum absolute atomic E-state index is 0.0208. The number of hydrogen-bond acceptors (Lipinski definition) is 3. The predicted octanol–water partition coefficient (Wildman–Crippen LogP) is 2.35. The molecule has 18 heavy (non-hydrogen) atoms. The molecule has 1 amide bonds. The molecule has 1 aliphatic rings. The first-order chi connectivity index (χ1) is 8.23. The topological polar surface area (TPSA) is 46.3 Å². The molecule has 0 bridgehead atoms. The van der Waals surface area contributed by atoms with E-state index in [1.54, 1.807) is 0 Å². The van der Waals surface area contributed by atoms with Gasteiger partial charge in [-0.05, 0) is 11.8 Å². The average molecular weight is 272 g/mol. The standard InChI is InChI=1S/C14H28N2OS/c1-10-8-16(9-11(2)18-10)13(17)12(7-15)6-14(3,4)5/h10-12H,6-9,15H2,1-5H3. The van der Waals surface area contributed by atoms with Crippen molar-refractivity contribution < 1.29 is 4.79 Å². The van der Waals surface area contributed by atoms with Crippen LogP contribution in [0, 0.1) is 11.3 Å². The Labute approximate surface area is 116 Å². The molecule has 1 fully saturated rings. The van der Waals surface area contributed by atoms with E-state index < -0.39 is 0 Å². The number of nitrogens with zero attached hydrogens (tertiary/aromatic N) is 1. The molecule has 106 valence electrons. The van der Waals surface area contributed by atoms with Crippen LogP contribution in [0.15, 0.2) is 0 Å². The van der Waals surface area contributed by atoms with Crippen molar-refractivity contribution in [3.63, 3.8) is 0 Å². The number of carbonyl (C=O) groups excluding carboxylic acids is 1. The summed E-state index contributed by atoms with van der Waals surface area (Å²) < 4.78 is 0. The number of amides is 1. The van der Waals surface area contributed by atoms with Crippen LogP contribution in [0.2, 0.25) is 0 Å². The third-order valence-electron chi connectivity index (χ3n) is 3.22. The van der Waals surface area contributed by atoms with Crippen molar-refractivity contribution in [1.29, 1.82) is 0 Å². The summed E-state index contributed by atoms with van der Waals surface area (Å²) >= 11 is 1.97. The van der Waals surface area contributed by atoms with Crippen molar-refractivity contribution in [3.05, 3.63) is 0 Å². The lowest BCUT2D eigenvalue weighted by Crippen LogP contribution is -2.48. The minimum atomic E-state index is -0.0208. The molecule has 0 saturated carbocycles. The Morgan fingerprint density at radius 3 is 2.22 bits per heavy atom. The SMILES string of the molecule is CC1CN(C(=O)C(CN)CC(C)(C)C)CC(C)S1. The first kappa shape index (κ1) is 15.8. The fourth-order valence-electron chi connectivity index (χ4n) is 2.63. The lowest BCUT2D eigenvalue weighted by Gasteiger charge is -2.37. The molecule has 0 aromatic carbocycles. The first-order valence-electron chi connectivity index (χ1n) is 6.87. The van der Waals surface area contributed by atoms with Crippen molar-refractivity contribution in [3.8, 4) is 0 Å². The van der Waals surface area contributed by atoms with Crippen molar-refractivity contribution in [2.75, 3.05) is 19.6 Å². The van der Waals surface area contributed by atoms with Crippen LogP contribution in [0.4, 0.5) is 0 Å². The van der Waals surface area contributed by atoms with Gasteiger partial charge in [-0.1, -0.05) is 34.6 Å². The largest absolute Gasteiger partial charge is 0.340 e. The maximum atomic E-state index is 12.5. The maximum absolute atomic E-state index is 12.5. The fraction of sp³-hybridized carbons (Fsp3) is 0.929. The molecule has 3 atom stereocenters. The highest BCUT2D eigenvalue weighted by atomic mass is 32.2. The molecule has 1 saturated heterocycles. The minimum Gasteiger partial charge on any atom is -0.340 e. The third-order valence-corrected chi connectivity index (χ3v) is 4.45. The predicted molar refractivity (Wildman–Crippen MR) is 79.7 cm³/mol. The lowest BCUT2D eigenvalue weighted by atomic mass is 9.84. The normalized spacial score (nSPS) is 27.1. The van der Waals surface area contributed by atoms with Gasteiger partial charge in [-0.25, -0.2) is 0 Å². The van der Waals surface area contributed by atoms with E-state index in [0.717, 1.165) is 19.5 Å². The highest BCUT2D eigenvalue weighted by Gasteiger charge is 2.31. The van der Waals surface area contributed by atoms with Crippen LogP contribution >= 0.6 is 11.8 Å². The molecule has 1 heterocycles. The monoisotopic (exact) mass is 272 g/mol. The summed E-state index contributed by atoms with van der Waals surface area (Å²) in [6.07, 6.45) is 0.870. The van der Waals surface area contributed by atoms with E-state index in [-0.39, 0.29) is 17.2 Å². The van der Waals surface area contributed by atoms with E-state index in [1.165, 1.54) is 0 Å². The van der Waals surface area contributed by atoms with Gasteiger partial charge in [0.15, 0.2) is 0 Å². The summed E-state index contributed by atoms with van der Waals surface area (Å²) in [5.74, 6) is 0.235. The van der Waals surface area contributed by atoms with Crippen molar-refractivity contribution in [2.24, 2.45) is 17.1 Å². The van der Waals surface area contributed by atoms with Crippen LogP contribution in [0.1, 0.15) is 41.0 Å². The molecule has 0 spiro atoms. The molecule has 2 N–H and O–H groups in total. The lowest BCUT2D eigenvalue weighted by molar-refractivity contribution is -0.136. The van der Waals surface area contributed by atoms with Gasteiger partial charge in [0.25, 0.3) is 0 Å².